The van der Waals surface area contributed by atoms with Crippen molar-refractivity contribution in [3.63, 3.8) is 0 Å². The van der Waals surface area contributed by atoms with E-state index in [2.05, 4.69) is 6.92 Å². The number of carbonyl (C=O) groups is 1. The van der Waals surface area contributed by atoms with Crippen molar-refractivity contribution in [2.45, 2.75) is 103 Å². The fourth-order valence-corrected chi connectivity index (χ4v) is 2.94. The molecule has 0 aromatic rings. The van der Waals surface area contributed by atoms with E-state index in [-0.39, 0.29) is 0 Å². The Kier molecular flexibility index (Phi) is 12.4. The highest BCUT2D eigenvalue weighted by Gasteiger charge is 2.44. The van der Waals surface area contributed by atoms with Gasteiger partial charge in [-0.05, 0) is 26.7 Å². The number of nitrogens with zero attached hydrogens (tertiary/aromatic N) is 1. The third-order valence-electron chi connectivity index (χ3n) is 4.61. The Morgan fingerprint density at radius 2 is 1.17 bits per heavy atom. The molecule has 0 radical (unpaired) electrons. The molecule has 0 N–H and O–H groups in total. The van der Waals surface area contributed by atoms with E-state index in [1.807, 2.05) is 0 Å². The average molecular weight is 368 g/mol. The number of aliphatic carboxylic acids is 1. The fraction of sp³-hybridized carbons (Fsp3) is 0.944. The van der Waals surface area contributed by atoms with Crippen molar-refractivity contribution in [2.75, 3.05) is 6.54 Å². The van der Waals surface area contributed by atoms with Crippen molar-refractivity contribution >= 4 is 29.5 Å². The molecule has 0 atom stereocenters. The van der Waals surface area contributed by atoms with Crippen molar-refractivity contribution in [3.05, 3.63) is 0 Å². The molecule has 0 unspecified atom stereocenters. The van der Waals surface area contributed by atoms with E-state index in [1.165, 1.54) is 71.6 Å². The second-order valence-electron chi connectivity index (χ2n) is 7.09. The molecule has 5 heteroatoms. The Morgan fingerprint density at radius 3 is 1.52 bits per heavy atom. The summed E-state index contributed by atoms with van der Waals surface area (Å²) in [7, 11) is 0. The third kappa shape index (κ3) is 9.79. The monoisotopic (exact) mass is 367 g/mol. The molecular weight excluding hydrogens is 333 g/mol. The first-order valence-electron chi connectivity index (χ1n) is 9.24. The minimum absolute atomic E-state index is 0.432. The van der Waals surface area contributed by atoms with Gasteiger partial charge in [0.05, 0.1) is 0 Å². The number of carboxylic acids is 1. The van der Waals surface area contributed by atoms with Crippen LogP contribution in [-0.4, -0.2) is 21.6 Å². The Bertz CT molecular complexity index is 320. The number of carbonyl (C=O) groups excluding carboxylic acids is 1. The van der Waals surface area contributed by atoms with E-state index in [0.717, 1.165) is 19.3 Å². The van der Waals surface area contributed by atoms with Crippen molar-refractivity contribution in [1.29, 1.82) is 0 Å². The van der Waals surface area contributed by atoms with Crippen LogP contribution in [0.5, 0.6) is 0 Å². The minimum Gasteiger partial charge on any atom is -0.544 e. The Morgan fingerprint density at radius 1 is 0.826 bits per heavy atom. The lowest BCUT2D eigenvalue weighted by atomic mass is 10.0. The summed E-state index contributed by atoms with van der Waals surface area (Å²) in [5.41, 5.74) is -1.29. The molecule has 0 bridgehead atoms. The maximum Gasteiger partial charge on any atom is 0.187 e. The molecule has 0 aromatic carbocycles. The topological polar surface area (TPSA) is 40.1 Å². The molecule has 0 heterocycles. The molecule has 0 rings (SSSR count). The summed E-state index contributed by atoms with van der Waals surface area (Å²) in [6.07, 6.45) is 15.1. The molecule has 138 valence electrons. The van der Waals surface area contributed by atoms with Crippen LogP contribution in [0.3, 0.4) is 0 Å². The summed E-state index contributed by atoms with van der Waals surface area (Å²) in [6, 6.07) is 0. The SMILES string of the molecule is CCCCCCCCCCCCCC[N+](Cl)(Cl)C(C)(C)C(=O)[O-]. The van der Waals surface area contributed by atoms with Crippen LogP contribution in [0.15, 0.2) is 0 Å². The molecule has 3 nitrogen and oxygen atoms in total. The average Bonchev–Trinajstić information content (AvgIpc) is 2.48. The molecule has 0 amide bonds. The summed E-state index contributed by atoms with van der Waals surface area (Å²) in [4.78, 5) is 11.1. The van der Waals surface area contributed by atoms with Gasteiger partial charge in [0.1, 0.15) is 12.5 Å². The summed E-state index contributed by atoms with van der Waals surface area (Å²) in [5, 5.41) is 11.1. The van der Waals surface area contributed by atoms with Crippen molar-refractivity contribution in [1.82, 2.24) is 0 Å². The predicted molar refractivity (Wildman–Crippen MR) is 97.0 cm³/mol. The lowest BCUT2D eigenvalue weighted by Crippen LogP contribution is -2.59. The summed E-state index contributed by atoms with van der Waals surface area (Å²) >= 11 is 12.3. The van der Waals surface area contributed by atoms with Gasteiger partial charge in [0.25, 0.3) is 0 Å². The summed E-state index contributed by atoms with van der Waals surface area (Å²) < 4.78 is -0.562. The van der Waals surface area contributed by atoms with Crippen molar-refractivity contribution in [2.24, 2.45) is 0 Å². The van der Waals surface area contributed by atoms with Crippen LogP contribution < -0.4 is 5.11 Å². The van der Waals surface area contributed by atoms with E-state index in [9.17, 15) is 9.90 Å². The number of quaternary nitrogens is 1. The van der Waals surface area contributed by atoms with E-state index < -0.39 is 15.0 Å². The van der Waals surface area contributed by atoms with E-state index in [0.29, 0.717) is 6.54 Å². The lowest BCUT2D eigenvalue weighted by Gasteiger charge is -2.36. The number of rotatable bonds is 15. The quantitative estimate of drug-likeness (QED) is 0.289. The normalized spacial score (nSPS) is 12.6. The van der Waals surface area contributed by atoms with Crippen LogP contribution in [0, 0.1) is 0 Å². The van der Waals surface area contributed by atoms with Crippen LogP contribution in [0.1, 0.15) is 97.8 Å². The smallest absolute Gasteiger partial charge is 0.187 e. The molecular formula is C18H35Cl2NO2. The number of hydrogen-bond acceptors (Lipinski definition) is 2. The van der Waals surface area contributed by atoms with Crippen LogP contribution in [-0.2, 0) is 4.79 Å². The second-order valence-corrected chi connectivity index (χ2v) is 8.42. The zero-order valence-corrected chi connectivity index (χ0v) is 16.7. The van der Waals surface area contributed by atoms with Gasteiger partial charge >= 0.3 is 0 Å². The Hall–Kier alpha value is 0.01000. The largest absolute Gasteiger partial charge is 0.544 e. The van der Waals surface area contributed by atoms with Gasteiger partial charge in [-0.2, -0.15) is 0 Å². The highest BCUT2D eigenvalue weighted by atomic mass is 35.5. The van der Waals surface area contributed by atoms with Gasteiger partial charge in [-0.1, -0.05) is 71.1 Å². The van der Waals surface area contributed by atoms with E-state index in [4.69, 9.17) is 23.6 Å². The van der Waals surface area contributed by atoms with Crippen molar-refractivity contribution < 1.29 is 13.4 Å². The maximum atomic E-state index is 11.1. The second kappa shape index (κ2) is 12.4. The van der Waals surface area contributed by atoms with Gasteiger partial charge in [-0.15, -0.1) is 3.52 Å². The van der Waals surface area contributed by atoms with Gasteiger partial charge in [0.2, 0.25) is 0 Å². The van der Waals surface area contributed by atoms with Gasteiger partial charge < -0.3 is 9.90 Å². The number of halogens is 2. The molecule has 0 aromatic heterocycles. The highest BCUT2D eigenvalue weighted by molar-refractivity contribution is 6.24. The van der Waals surface area contributed by atoms with Crippen LogP contribution in [0.4, 0.5) is 0 Å². The van der Waals surface area contributed by atoms with E-state index >= 15 is 0 Å². The van der Waals surface area contributed by atoms with Gasteiger partial charge in [0.15, 0.2) is 29.1 Å². The fourth-order valence-electron chi connectivity index (χ4n) is 2.56. The van der Waals surface area contributed by atoms with Gasteiger partial charge in [-0.25, -0.2) is 0 Å². The molecule has 0 saturated carbocycles. The lowest BCUT2D eigenvalue weighted by molar-refractivity contribution is -0.745. The molecule has 0 aliphatic rings. The minimum atomic E-state index is -1.29. The zero-order chi connectivity index (χ0) is 17.8. The molecule has 0 aliphatic carbocycles. The highest BCUT2D eigenvalue weighted by Crippen LogP contribution is 2.32. The first-order chi connectivity index (χ1) is 10.8. The number of unbranched alkanes of at least 4 members (excludes halogenated alkanes) is 11. The molecule has 0 saturated heterocycles. The summed E-state index contributed by atoms with van der Waals surface area (Å²) in [5.74, 6) is -1.22. The predicted octanol–water partition coefficient (Wildman–Crippen LogP) is 5.34. The van der Waals surface area contributed by atoms with Crippen molar-refractivity contribution in [3.8, 4) is 0 Å². The third-order valence-corrected chi connectivity index (χ3v) is 5.79. The Labute approximate surface area is 153 Å². The van der Waals surface area contributed by atoms with Crippen LogP contribution in [0.25, 0.3) is 0 Å². The molecule has 0 fully saturated rings. The molecule has 0 aliphatic heterocycles. The summed E-state index contributed by atoms with van der Waals surface area (Å²) in [6.45, 7) is 5.68. The first-order valence-corrected chi connectivity index (χ1v) is 9.92. The molecule has 23 heavy (non-hydrogen) atoms. The van der Waals surface area contributed by atoms with Crippen LogP contribution >= 0.6 is 23.6 Å². The first kappa shape index (κ1) is 23.0. The van der Waals surface area contributed by atoms with E-state index in [1.54, 1.807) is 0 Å². The van der Waals surface area contributed by atoms with Gasteiger partial charge in [0, 0.05) is 0 Å². The number of hydrogen-bond donors (Lipinski definition) is 0. The van der Waals surface area contributed by atoms with Crippen LogP contribution in [0.2, 0.25) is 0 Å². The zero-order valence-electron chi connectivity index (χ0n) is 15.2. The van der Waals surface area contributed by atoms with Gasteiger partial charge in [-0.3, -0.25) is 0 Å². The maximum absolute atomic E-state index is 11.1. The standard InChI is InChI=1S/C18H35Cl2NO2/c1-4-5-6-7-8-9-10-11-12-13-14-15-16-21(19,20)18(2,3)17(22)23/h4-16H2,1-3H3. The number of carboxylic acid groups (broad SMARTS) is 1. The molecule has 0 spiro atoms. The Balaban J connectivity index is 3.54.